The van der Waals surface area contributed by atoms with Crippen molar-refractivity contribution in [2.75, 3.05) is 40.4 Å². The van der Waals surface area contributed by atoms with E-state index in [0.29, 0.717) is 12.5 Å². The second-order valence-corrected chi connectivity index (χ2v) is 6.24. The molecule has 0 N–H and O–H groups in total. The van der Waals surface area contributed by atoms with Crippen LogP contribution in [0.4, 0.5) is 0 Å². The summed E-state index contributed by atoms with van der Waals surface area (Å²) in [4.78, 5) is 17.1. The first-order valence-corrected chi connectivity index (χ1v) is 8.85. The number of carbonyl (C=O) groups excluding carboxylic acids is 1. The van der Waals surface area contributed by atoms with E-state index in [-0.39, 0.29) is 18.3 Å². The van der Waals surface area contributed by atoms with E-state index >= 15 is 0 Å². The normalized spacial score (nSPS) is 15.0. The standard InChI is InChI=1S/C19H30N2O3.ClH/c1-5-16(6-2)20-9-11-21(12-10-20)19(22)14-15-13-17(23-3)7-8-18(15)24-4;/h7-8,13,16H,5-6,9-12,14H2,1-4H3;1H. The molecule has 1 saturated heterocycles. The Morgan fingerprint density at radius 1 is 1.08 bits per heavy atom. The lowest BCUT2D eigenvalue weighted by Crippen LogP contribution is -2.52. The Labute approximate surface area is 157 Å². The minimum atomic E-state index is 0. The second-order valence-electron chi connectivity index (χ2n) is 6.24. The molecule has 1 aliphatic rings. The van der Waals surface area contributed by atoms with Gasteiger partial charge in [-0.1, -0.05) is 13.8 Å². The number of methoxy groups -OCH3 is 2. The molecule has 6 heteroatoms. The molecule has 0 bridgehead atoms. The molecule has 5 nitrogen and oxygen atoms in total. The Morgan fingerprint density at radius 2 is 1.72 bits per heavy atom. The summed E-state index contributed by atoms with van der Waals surface area (Å²) in [6.45, 7) is 8.02. The lowest BCUT2D eigenvalue weighted by Gasteiger charge is -2.39. The predicted molar refractivity (Wildman–Crippen MR) is 103 cm³/mol. The number of hydrogen-bond donors (Lipinski definition) is 0. The van der Waals surface area contributed by atoms with Gasteiger partial charge < -0.3 is 14.4 Å². The molecule has 0 spiro atoms. The first kappa shape index (κ1) is 21.6. The summed E-state index contributed by atoms with van der Waals surface area (Å²) in [7, 11) is 3.26. The van der Waals surface area contributed by atoms with Gasteiger partial charge in [-0.05, 0) is 31.0 Å². The third-order valence-corrected chi connectivity index (χ3v) is 4.96. The maximum absolute atomic E-state index is 12.7. The van der Waals surface area contributed by atoms with Gasteiger partial charge in [-0.15, -0.1) is 12.4 Å². The smallest absolute Gasteiger partial charge is 0.227 e. The van der Waals surface area contributed by atoms with Crippen LogP contribution in [-0.2, 0) is 11.2 Å². The Balaban J connectivity index is 0.00000312. The molecule has 0 saturated carbocycles. The van der Waals surface area contributed by atoms with Crippen molar-refractivity contribution < 1.29 is 14.3 Å². The summed E-state index contributed by atoms with van der Waals surface area (Å²) < 4.78 is 10.6. The Morgan fingerprint density at radius 3 is 2.24 bits per heavy atom. The number of rotatable bonds is 7. The van der Waals surface area contributed by atoms with Gasteiger partial charge in [-0.3, -0.25) is 9.69 Å². The molecular weight excluding hydrogens is 340 g/mol. The van der Waals surface area contributed by atoms with Crippen LogP contribution in [0.2, 0.25) is 0 Å². The summed E-state index contributed by atoms with van der Waals surface area (Å²) in [6.07, 6.45) is 2.70. The third-order valence-electron chi connectivity index (χ3n) is 4.96. The minimum absolute atomic E-state index is 0. The average molecular weight is 371 g/mol. The van der Waals surface area contributed by atoms with Gasteiger partial charge in [0.2, 0.25) is 5.91 Å². The highest BCUT2D eigenvalue weighted by molar-refractivity contribution is 5.85. The summed E-state index contributed by atoms with van der Waals surface area (Å²) in [6, 6.07) is 6.23. The molecule has 25 heavy (non-hydrogen) atoms. The molecule has 142 valence electrons. The highest BCUT2D eigenvalue weighted by atomic mass is 35.5. The summed E-state index contributed by atoms with van der Waals surface area (Å²) in [5.41, 5.74) is 0.879. The molecule has 1 aromatic rings. The molecule has 0 aromatic heterocycles. The quantitative estimate of drug-likeness (QED) is 0.740. The van der Waals surface area contributed by atoms with Crippen LogP contribution in [0.3, 0.4) is 0 Å². The second kappa shape index (κ2) is 10.5. The maximum Gasteiger partial charge on any atom is 0.227 e. The zero-order chi connectivity index (χ0) is 17.5. The van der Waals surface area contributed by atoms with Crippen LogP contribution in [0.25, 0.3) is 0 Å². The third kappa shape index (κ3) is 5.51. The van der Waals surface area contributed by atoms with Crippen LogP contribution in [-0.4, -0.2) is 62.1 Å². The average Bonchev–Trinajstić information content (AvgIpc) is 2.63. The van der Waals surface area contributed by atoms with Crippen LogP contribution >= 0.6 is 12.4 Å². The van der Waals surface area contributed by atoms with Crippen molar-refractivity contribution >= 4 is 18.3 Å². The summed E-state index contributed by atoms with van der Waals surface area (Å²) in [5.74, 6) is 1.64. The van der Waals surface area contributed by atoms with Crippen molar-refractivity contribution in [3.05, 3.63) is 23.8 Å². The van der Waals surface area contributed by atoms with E-state index in [1.54, 1.807) is 14.2 Å². The fourth-order valence-electron chi connectivity index (χ4n) is 3.44. The van der Waals surface area contributed by atoms with Gasteiger partial charge in [0.1, 0.15) is 11.5 Å². The number of hydrogen-bond acceptors (Lipinski definition) is 4. The molecule has 1 fully saturated rings. The van der Waals surface area contributed by atoms with Crippen LogP contribution in [0.5, 0.6) is 11.5 Å². The molecular formula is C19H31ClN2O3. The number of carbonyl (C=O) groups is 1. The monoisotopic (exact) mass is 370 g/mol. The Kier molecular flexibility index (Phi) is 9.08. The zero-order valence-corrected chi connectivity index (χ0v) is 16.6. The number of amides is 1. The number of piperazine rings is 1. The highest BCUT2D eigenvalue weighted by Crippen LogP contribution is 2.25. The molecule has 1 heterocycles. The van der Waals surface area contributed by atoms with Crippen molar-refractivity contribution in [1.29, 1.82) is 0 Å². The molecule has 0 aliphatic carbocycles. The van der Waals surface area contributed by atoms with Gasteiger partial charge in [0.15, 0.2) is 0 Å². The van der Waals surface area contributed by atoms with Gasteiger partial charge in [0.25, 0.3) is 0 Å². The first-order valence-electron chi connectivity index (χ1n) is 8.85. The predicted octanol–water partition coefficient (Wildman–Crippen LogP) is 3.00. The Bertz CT molecular complexity index is 541. The first-order chi connectivity index (χ1) is 11.6. The number of benzene rings is 1. The van der Waals surface area contributed by atoms with Crippen molar-refractivity contribution in [3.63, 3.8) is 0 Å². The molecule has 0 radical (unpaired) electrons. The van der Waals surface area contributed by atoms with E-state index in [1.807, 2.05) is 23.1 Å². The minimum Gasteiger partial charge on any atom is -0.497 e. The number of ether oxygens (including phenoxy) is 2. The summed E-state index contributed by atoms with van der Waals surface area (Å²) >= 11 is 0. The fraction of sp³-hybridized carbons (Fsp3) is 0.632. The van der Waals surface area contributed by atoms with E-state index in [2.05, 4.69) is 18.7 Å². The topological polar surface area (TPSA) is 42.0 Å². The van der Waals surface area contributed by atoms with Crippen molar-refractivity contribution in [3.8, 4) is 11.5 Å². The number of nitrogens with zero attached hydrogens (tertiary/aromatic N) is 2. The van der Waals surface area contributed by atoms with E-state index in [1.165, 1.54) is 12.8 Å². The lowest BCUT2D eigenvalue weighted by atomic mass is 10.1. The van der Waals surface area contributed by atoms with Gasteiger partial charge in [-0.25, -0.2) is 0 Å². The lowest BCUT2D eigenvalue weighted by molar-refractivity contribution is -0.132. The highest BCUT2D eigenvalue weighted by Gasteiger charge is 2.25. The van der Waals surface area contributed by atoms with E-state index in [0.717, 1.165) is 43.2 Å². The molecule has 2 rings (SSSR count). The number of halogens is 1. The molecule has 0 unspecified atom stereocenters. The van der Waals surface area contributed by atoms with E-state index < -0.39 is 0 Å². The largest absolute Gasteiger partial charge is 0.497 e. The molecule has 1 aliphatic heterocycles. The van der Waals surface area contributed by atoms with Crippen LogP contribution in [0, 0.1) is 0 Å². The van der Waals surface area contributed by atoms with Crippen LogP contribution in [0.15, 0.2) is 18.2 Å². The van der Waals surface area contributed by atoms with Crippen LogP contribution in [0.1, 0.15) is 32.3 Å². The van der Waals surface area contributed by atoms with Gasteiger partial charge in [0, 0.05) is 37.8 Å². The van der Waals surface area contributed by atoms with E-state index in [4.69, 9.17) is 9.47 Å². The maximum atomic E-state index is 12.7. The molecule has 0 atom stereocenters. The van der Waals surface area contributed by atoms with Gasteiger partial charge >= 0.3 is 0 Å². The molecule has 1 aromatic carbocycles. The van der Waals surface area contributed by atoms with Crippen LogP contribution < -0.4 is 9.47 Å². The van der Waals surface area contributed by atoms with E-state index in [9.17, 15) is 4.79 Å². The summed E-state index contributed by atoms with van der Waals surface area (Å²) in [5, 5.41) is 0. The van der Waals surface area contributed by atoms with Crippen molar-refractivity contribution in [2.45, 2.75) is 39.2 Å². The van der Waals surface area contributed by atoms with Crippen molar-refractivity contribution in [1.82, 2.24) is 9.80 Å². The van der Waals surface area contributed by atoms with Gasteiger partial charge in [0.05, 0.1) is 20.6 Å². The SMILES string of the molecule is CCC(CC)N1CCN(C(=O)Cc2cc(OC)ccc2OC)CC1.Cl. The molecule has 1 amide bonds. The zero-order valence-electron chi connectivity index (χ0n) is 15.8. The fourth-order valence-corrected chi connectivity index (χ4v) is 3.44. The van der Waals surface area contributed by atoms with Gasteiger partial charge in [-0.2, -0.15) is 0 Å². The van der Waals surface area contributed by atoms with Crippen molar-refractivity contribution in [2.24, 2.45) is 0 Å². The Hall–Kier alpha value is -1.46.